The third-order valence-electron chi connectivity index (χ3n) is 2.89. The van der Waals surface area contributed by atoms with Gasteiger partial charge in [0.25, 0.3) is 0 Å². The molecular weight excluding hydrogens is 290 g/mol. The first-order chi connectivity index (χ1) is 9.78. The molecule has 0 atom stereocenters. The van der Waals surface area contributed by atoms with Crippen molar-refractivity contribution in [2.75, 3.05) is 0 Å². The molecule has 0 amide bonds. The average molecular weight is 300 g/mol. The fourth-order valence-electron chi connectivity index (χ4n) is 1.91. The van der Waals surface area contributed by atoms with Gasteiger partial charge in [0.1, 0.15) is 5.03 Å². The zero-order chi connectivity index (χ0) is 13.9. The van der Waals surface area contributed by atoms with Gasteiger partial charge in [-0.1, -0.05) is 53.7 Å². The van der Waals surface area contributed by atoms with Crippen LogP contribution in [0.4, 0.5) is 0 Å². The van der Waals surface area contributed by atoms with Crippen molar-refractivity contribution in [2.45, 2.75) is 9.92 Å². The summed E-state index contributed by atoms with van der Waals surface area (Å²) >= 11 is 7.56. The number of para-hydroxylation sites is 1. The topological polar surface area (TPSA) is 30.0 Å². The second-order valence-corrected chi connectivity index (χ2v) is 5.66. The number of benzene rings is 2. The van der Waals surface area contributed by atoms with Gasteiger partial charge in [-0.3, -0.25) is 4.79 Å². The molecule has 0 saturated carbocycles. The Morgan fingerprint density at radius 3 is 2.60 bits per heavy atom. The van der Waals surface area contributed by atoms with Crippen molar-refractivity contribution in [3.05, 3.63) is 65.2 Å². The molecule has 0 aliphatic carbocycles. The number of carbonyl (C=O) groups is 1. The molecule has 3 rings (SSSR count). The molecule has 1 heterocycles. The molecule has 0 spiro atoms. The smallest absolute Gasteiger partial charge is 0.152 e. The van der Waals surface area contributed by atoms with E-state index in [0.717, 1.165) is 22.1 Å². The summed E-state index contributed by atoms with van der Waals surface area (Å²) in [6.07, 6.45) is 0.832. The van der Waals surface area contributed by atoms with E-state index in [1.807, 2.05) is 54.6 Å². The molecule has 98 valence electrons. The second kappa shape index (κ2) is 5.65. The van der Waals surface area contributed by atoms with Gasteiger partial charge in [0.2, 0.25) is 0 Å². The summed E-state index contributed by atoms with van der Waals surface area (Å²) < 4.78 is 0. The van der Waals surface area contributed by atoms with Crippen molar-refractivity contribution in [3.8, 4) is 0 Å². The van der Waals surface area contributed by atoms with Crippen LogP contribution in [-0.2, 0) is 0 Å². The second-order valence-electron chi connectivity index (χ2n) is 4.23. The first-order valence-corrected chi connectivity index (χ1v) is 7.25. The summed E-state index contributed by atoms with van der Waals surface area (Å²) in [5.41, 5.74) is 1.45. The highest BCUT2D eigenvalue weighted by molar-refractivity contribution is 7.99. The third-order valence-corrected chi connectivity index (χ3v) is 4.42. The molecule has 0 aliphatic rings. The lowest BCUT2D eigenvalue weighted by molar-refractivity contribution is 0.112. The molecule has 2 nitrogen and oxygen atoms in total. The van der Waals surface area contributed by atoms with Crippen LogP contribution in [0.3, 0.4) is 0 Å². The maximum atomic E-state index is 11.3. The Morgan fingerprint density at radius 2 is 1.80 bits per heavy atom. The average Bonchev–Trinajstić information content (AvgIpc) is 2.49. The molecule has 3 aromatic rings. The zero-order valence-electron chi connectivity index (χ0n) is 10.4. The van der Waals surface area contributed by atoms with Gasteiger partial charge in [-0.05, 0) is 24.3 Å². The normalized spacial score (nSPS) is 10.7. The van der Waals surface area contributed by atoms with E-state index in [4.69, 9.17) is 11.6 Å². The summed E-state index contributed by atoms with van der Waals surface area (Å²) in [7, 11) is 0. The Morgan fingerprint density at radius 1 is 1.05 bits per heavy atom. The van der Waals surface area contributed by atoms with Crippen molar-refractivity contribution in [2.24, 2.45) is 0 Å². The summed E-state index contributed by atoms with van der Waals surface area (Å²) in [6.45, 7) is 0. The van der Waals surface area contributed by atoms with Crippen LogP contribution in [0.15, 0.2) is 64.5 Å². The van der Waals surface area contributed by atoms with E-state index in [2.05, 4.69) is 4.98 Å². The first-order valence-electron chi connectivity index (χ1n) is 6.05. The predicted octanol–water partition coefficient (Wildman–Crippen LogP) is 4.85. The number of halogens is 1. The highest BCUT2D eigenvalue weighted by Crippen LogP contribution is 2.34. The summed E-state index contributed by atoms with van der Waals surface area (Å²) in [4.78, 5) is 16.7. The maximum Gasteiger partial charge on any atom is 0.152 e. The Hall–Kier alpha value is -1.84. The van der Waals surface area contributed by atoms with Crippen LogP contribution in [0.2, 0.25) is 5.02 Å². The van der Waals surface area contributed by atoms with Gasteiger partial charge in [0.15, 0.2) is 6.29 Å². The standard InChI is InChI=1S/C16H10ClNOS/c17-13-6-2-4-8-15(13)20-16-12(10-19)9-11-5-1-3-7-14(11)18-16/h1-10H. The number of hydrogen-bond donors (Lipinski definition) is 0. The van der Waals surface area contributed by atoms with Crippen LogP contribution in [0.25, 0.3) is 10.9 Å². The van der Waals surface area contributed by atoms with E-state index in [9.17, 15) is 4.79 Å². The molecule has 0 radical (unpaired) electrons. The lowest BCUT2D eigenvalue weighted by Gasteiger charge is -2.07. The van der Waals surface area contributed by atoms with Crippen LogP contribution in [-0.4, -0.2) is 11.3 Å². The molecule has 0 fully saturated rings. The number of carbonyl (C=O) groups excluding carboxylic acids is 1. The highest BCUT2D eigenvalue weighted by Gasteiger charge is 2.10. The van der Waals surface area contributed by atoms with E-state index in [0.29, 0.717) is 15.6 Å². The fraction of sp³-hybridized carbons (Fsp3) is 0. The largest absolute Gasteiger partial charge is 0.298 e. The minimum atomic E-state index is 0.577. The molecular formula is C16H10ClNOS. The lowest BCUT2D eigenvalue weighted by atomic mass is 10.2. The monoisotopic (exact) mass is 299 g/mol. The van der Waals surface area contributed by atoms with Crippen molar-refractivity contribution in [1.82, 2.24) is 4.98 Å². The van der Waals surface area contributed by atoms with E-state index < -0.39 is 0 Å². The number of nitrogens with zero attached hydrogens (tertiary/aromatic N) is 1. The molecule has 0 unspecified atom stereocenters. The number of fused-ring (bicyclic) bond motifs is 1. The molecule has 2 aromatic carbocycles. The molecule has 0 aliphatic heterocycles. The van der Waals surface area contributed by atoms with Gasteiger partial charge in [-0.25, -0.2) is 4.98 Å². The van der Waals surface area contributed by atoms with Crippen molar-refractivity contribution < 1.29 is 4.79 Å². The van der Waals surface area contributed by atoms with Crippen molar-refractivity contribution in [1.29, 1.82) is 0 Å². The number of rotatable bonds is 3. The zero-order valence-corrected chi connectivity index (χ0v) is 12.0. The van der Waals surface area contributed by atoms with Crippen molar-refractivity contribution in [3.63, 3.8) is 0 Å². The Balaban J connectivity index is 2.10. The van der Waals surface area contributed by atoms with Crippen LogP contribution < -0.4 is 0 Å². The van der Waals surface area contributed by atoms with Gasteiger partial charge in [-0.15, -0.1) is 0 Å². The highest BCUT2D eigenvalue weighted by atomic mass is 35.5. The van der Waals surface area contributed by atoms with Gasteiger partial charge >= 0.3 is 0 Å². The predicted molar refractivity (Wildman–Crippen MR) is 82.7 cm³/mol. The minimum Gasteiger partial charge on any atom is -0.298 e. The maximum absolute atomic E-state index is 11.3. The molecule has 0 saturated heterocycles. The van der Waals surface area contributed by atoms with Crippen LogP contribution in [0, 0.1) is 0 Å². The van der Waals surface area contributed by atoms with Gasteiger partial charge in [0.05, 0.1) is 10.5 Å². The lowest BCUT2D eigenvalue weighted by Crippen LogP contribution is -1.91. The van der Waals surface area contributed by atoms with E-state index in [1.165, 1.54) is 11.8 Å². The molecule has 20 heavy (non-hydrogen) atoms. The third kappa shape index (κ3) is 2.55. The Labute approximate surface area is 125 Å². The van der Waals surface area contributed by atoms with E-state index in [-0.39, 0.29) is 0 Å². The summed E-state index contributed by atoms with van der Waals surface area (Å²) in [6, 6.07) is 17.1. The fourth-order valence-corrected chi connectivity index (χ4v) is 3.05. The number of aromatic nitrogens is 1. The van der Waals surface area contributed by atoms with Crippen molar-refractivity contribution >= 4 is 40.6 Å². The molecule has 0 N–H and O–H groups in total. The quantitative estimate of drug-likeness (QED) is 0.647. The molecule has 1 aromatic heterocycles. The van der Waals surface area contributed by atoms with Gasteiger partial charge in [0, 0.05) is 15.8 Å². The van der Waals surface area contributed by atoms with E-state index in [1.54, 1.807) is 0 Å². The van der Waals surface area contributed by atoms with Crippen LogP contribution in [0.5, 0.6) is 0 Å². The van der Waals surface area contributed by atoms with Gasteiger partial charge < -0.3 is 0 Å². The molecule has 0 bridgehead atoms. The van der Waals surface area contributed by atoms with Crippen LogP contribution in [0.1, 0.15) is 10.4 Å². The number of aldehydes is 1. The molecule has 4 heteroatoms. The van der Waals surface area contributed by atoms with Crippen LogP contribution >= 0.6 is 23.4 Å². The van der Waals surface area contributed by atoms with Gasteiger partial charge in [-0.2, -0.15) is 0 Å². The number of pyridine rings is 1. The Kier molecular flexibility index (Phi) is 3.72. The minimum absolute atomic E-state index is 0.577. The Bertz CT molecular complexity index is 788. The summed E-state index contributed by atoms with van der Waals surface area (Å²) in [5.74, 6) is 0. The first kappa shape index (κ1) is 13.2. The van der Waals surface area contributed by atoms with E-state index >= 15 is 0 Å². The number of hydrogen-bond acceptors (Lipinski definition) is 3. The summed E-state index contributed by atoms with van der Waals surface area (Å²) in [5, 5.41) is 2.29. The SMILES string of the molecule is O=Cc1cc2ccccc2nc1Sc1ccccc1Cl.